The van der Waals surface area contributed by atoms with Gasteiger partial charge in [-0.15, -0.1) is 10.3 Å². The lowest BCUT2D eigenvalue weighted by Crippen LogP contribution is -2.52. The Kier molecular flexibility index (Phi) is 1.87. The molecule has 2 heterocycles. The average molecular weight is 155 g/mol. The molecule has 2 aliphatic rings. The van der Waals surface area contributed by atoms with E-state index in [1.54, 1.807) is 0 Å². The summed E-state index contributed by atoms with van der Waals surface area (Å²) in [6.45, 7) is 0. The van der Waals surface area contributed by atoms with Crippen molar-refractivity contribution in [1.82, 2.24) is 5.06 Å². The molecule has 0 saturated carbocycles. The molecule has 63 valence electrons. The second-order valence-corrected chi connectivity index (χ2v) is 3.83. The number of nitrogens with zero attached hydrogens (tertiary/aromatic N) is 1. The molecule has 1 radical (unpaired) electrons. The first-order valence-corrected chi connectivity index (χ1v) is 4.48. The molecule has 3 atom stereocenters. The summed E-state index contributed by atoms with van der Waals surface area (Å²) in [5, 5.41) is 12.7. The van der Waals surface area contributed by atoms with Gasteiger partial charge in [-0.3, -0.25) is 0 Å². The maximum absolute atomic E-state index is 11.4. The van der Waals surface area contributed by atoms with Gasteiger partial charge in [0.1, 0.15) is 0 Å². The van der Waals surface area contributed by atoms with Crippen molar-refractivity contribution in [2.45, 2.75) is 50.2 Å². The van der Waals surface area contributed by atoms with Gasteiger partial charge in [-0.2, -0.15) is 0 Å². The molecule has 0 aromatic heterocycles. The highest BCUT2D eigenvalue weighted by atomic mass is 16.5. The fraction of sp³-hybridized carbons (Fsp3) is 1.00. The molecule has 2 fully saturated rings. The Bertz CT molecular complexity index is 137. The first-order chi connectivity index (χ1) is 5.27. The van der Waals surface area contributed by atoms with Crippen molar-refractivity contribution in [3.63, 3.8) is 0 Å². The molecule has 0 spiro atoms. The lowest BCUT2D eigenvalue weighted by Gasteiger charge is -2.42. The lowest BCUT2D eigenvalue weighted by molar-refractivity contribution is -0.245. The standard InChI is InChI=1S/C8H15N2O/c9-6-4-7-2-1-3-8(5-6)10(7)11/h6-8H,1-5,9H2/t6?,7-,8+. The molecule has 0 aromatic carbocycles. The van der Waals surface area contributed by atoms with Gasteiger partial charge >= 0.3 is 0 Å². The number of nitrogens with two attached hydrogens (primary N) is 1. The van der Waals surface area contributed by atoms with Crippen LogP contribution in [0.3, 0.4) is 0 Å². The van der Waals surface area contributed by atoms with E-state index in [0.717, 1.165) is 25.7 Å². The highest BCUT2D eigenvalue weighted by Crippen LogP contribution is 2.31. The van der Waals surface area contributed by atoms with E-state index in [-0.39, 0.29) is 18.1 Å². The zero-order valence-electron chi connectivity index (χ0n) is 6.70. The molecule has 0 amide bonds. The molecule has 11 heavy (non-hydrogen) atoms. The number of hydrogen-bond acceptors (Lipinski definition) is 2. The van der Waals surface area contributed by atoms with Gasteiger partial charge in [0, 0.05) is 18.1 Å². The summed E-state index contributed by atoms with van der Waals surface area (Å²) in [4.78, 5) is 0. The quantitative estimate of drug-likeness (QED) is 0.559. The topological polar surface area (TPSA) is 49.2 Å². The summed E-state index contributed by atoms with van der Waals surface area (Å²) in [5.74, 6) is 0. The van der Waals surface area contributed by atoms with Crippen molar-refractivity contribution >= 4 is 0 Å². The van der Waals surface area contributed by atoms with Crippen LogP contribution in [0.5, 0.6) is 0 Å². The zero-order valence-corrected chi connectivity index (χ0v) is 6.70. The van der Waals surface area contributed by atoms with Crippen molar-refractivity contribution < 1.29 is 5.21 Å². The van der Waals surface area contributed by atoms with Gasteiger partial charge in [-0.1, -0.05) is 6.42 Å². The maximum atomic E-state index is 11.4. The smallest absolute Gasteiger partial charge is 0.0401 e. The Morgan fingerprint density at radius 3 is 2.27 bits per heavy atom. The Balaban J connectivity index is 2.07. The highest BCUT2D eigenvalue weighted by Gasteiger charge is 2.37. The minimum atomic E-state index is 0.248. The monoisotopic (exact) mass is 155 g/mol. The van der Waals surface area contributed by atoms with Crippen LogP contribution in [0.4, 0.5) is 0 Å². The second-order valence-electron chi connectivity index (χ2n) is 3.83. The molecule has 2 N–H and O–H groups in total. The summed E-state index contributed by atoms with van der Waals surface area (Å²) in [5.41, 5.74) is 5.82. The second kappa shape index (κ2) is 2.73. The molecule has 2 bridgehead atoms. The SMILES string of the molecule is NC1C[C@H]2CCC[C@@H](C1)N2[O]. The molecular weight excluding hydrogens is 140 g/mol. The molecular formula is C8H15N2O. The zero-order chi connectivity index (χ0) is 7.84. The van der Waals surface area contributed by atoms with Crippen molar-refractivity contribution in [3.8, 4) is 0 Å². The van der Waals surface area contributed by atoms with Crippen molar-refractivity contribution in [3.05, 3.63) is 0 Å². The predicted molar refractivity (Wildman–Crippen MR) is 41.2 cm³/mol. The van der Waals surface area contributed by atoms with Crippen molar-refractivity contribution in [2.75, 3.05) is 0 Å². The molecule has 0 aliphatic carbocycles. The third-order valence-electron chi connectivity index (χ3n) is 2.94. The fourth-order valence-corrected chi connectivity index (χ4v) is 2.38. The van der Waals surface area contributed by atoms with Crippen molar-refractivity contribution in [2.24, 2.45) is 5.73 Å². The molecule has 0 aromatic rings. The summed E-state index contributed by atoms with van der Waals surface area (Å²) in [6.07, 6.45) is 5.18. The van der Waals surface area contributed by atoms with E-state index < -0.39 is 0 Å². The van der Waals surface area contributed by atoms with Gasteiger partial charge in [0.05, 0.1) is 0 Å². The number of rotatable bonds is 0. The van der Waals surface area contributed by atoms with E-state index in [1.807, 2.05) is 0 Å². The van der Waals surface area contributed by atoms with Crippen LogP contribution in [0.2, 0.25) is 0 Å². The molecule has 2 saturated heterocycles. The van der Waals surface area contributed by atoms with Gasteiger partial charge < -0.3 is 5.73 Å². The fourth-order valence-electron chi connectivity index (χ4n) is 2.38. The minimum absolute atomic E-state index is 0.248. The van der Waals surface area contributed by atoms with E-state index in [0.29, 0.717) is 0 Å². The van der Waals surface area contributed by atoms with E-state index >= 15 is 0 Å². The van der Waals surface area contributed by atoms with Gasteiger partial charge in [-0.25, -0.2) is 0 Å². The Labute approximate surface area is 67.1 Å². The highest BCUT2D eigenvalue weighted by molar-refractivity contribution is 4.89. The maximum Gasteiger partial charge on any atom is 0.0401 e. The summed E-state index contributed by atoms with van der Waals surface area (Å²) < 4.78 is 0. The summed E-state index contributed by atoms with van der Waals surface area (Å²) in [6, 6.07) is 0.783. The molecule has 2 aliphatic heterocycles. The van der Waals surface area contributed by atoms with Crippen LogP contribution in [0.15, 0.2) is 0 Å². The van der Waals surface area contributed by atoms with E-state index in [1.165, 1.54) is 11.5 Å². The van der Waals surface area contributed by atoms with Gasteiger partial charge in [0.2, 0.25) is 0 Å². The van der Waals surface area contributed by atoms with Crippen molar-refractivity contribution in [1.29, 1.82) is 0 Å². The van der Waals surface area contributed by atoms with Crippen LogP contribution < -0.4 is 5.73 Å². The van der Waals surface area contributed by atoms with Crippen LogP contribution in [0.25, 0.3) is 0 Å². The first kappa shape index (κ1) is 7.53. The summed E-state index contributed by atoms with van der Waals surface area (Å²) >= 11 is 0. The van der Waals surface area contributed by atoms with E-state index in [9.17, 15) is 5.21 Å². The minimum Gasteiger partial charge on any atom is -0.328 e. The number of fused-ring (bicyclic) bond motifs is 2. The number of hydrogen-bond donors (Lipinski definition) is 1. The molecule has 3 nitrogen and oxygen atoms in total. The normalized spacial score (nSPS) is 45.8. The van der Waals surface area contributed by atoms with E-state index in [4.69, 9.17) is 5.73 Å². The first-order valence-electron chi connectivity index (χ1n) is 4.48. The molecule has 3 heteroatoms. The van der Waals surface area contributed by atoms with Crippen LogP contribution in [-0.2, 0) is 5.21 Å². The summed E-state index contributed by atoms with van der Waals surface area (Å²) in [7, 11) is 0. The van der Waals surface area contributed by atoms with E-state index in [2.05, 4.69) is 0 Å². The third kappa shape index (κ3) is 1.28. The Morgan fingerprint density at radius 1 is 1.18 bits per heavy atom. The van der Waals surface area contributed by atoms with Crippen LogP contribution in [0.1, 0.15) is 32.1 Å². The Morgan fingerprint density at radius 2 is 1.73 bits per heavy atom. The molecule has 1 unspecified atom stereocenters. The Hall–Kier alpha value is -0.120. The predicted octanol–water partition coefficient (Wildman–Crippen LogP) is 0.676. The third-order valence-corrected chi connectivity index (χ3v) is 2.94. The van der Waals surface area contributed by atoms with Crippen LogP contribution in [0, 0.1) is 0 Å². The van der Waals surface area contributed by atoms with Crippen LogP contribution >= 0.6 is 0 Å². The van der Waals surface area contributed by atoms with Crippen LogP contribution in [-0.4, -0.2) is 23.2 Å². The lowest BCUT2D eigenvalue weighted by atomic mass is 9.84. The van der Waals surface area contributed by atoms with Gasteiger partial charge in [0.25, 0.3) is 0 Å². The van der Waals surface area contributed by atoms with Gasteiger partial charge in [-0.05, 0) is 25.7 Å². The number of hydroxylamine groups is 2. The number of piperidine rings is 2. The van der Waals surface area contributed by atoms with Gasteiger partial charge in [0.15, 0.2) is 0 Å². The molecule has 2 rings (SSSR count). The average Bonchev–Trinajstić information content (AvgIpc) is 1.92. The largest absolute Gasteiger partial charge is 0.328 e.